The van der Waals surface area contributed by atoms with E-state index in [1.165, 1.54) is 12.8 Å². The number of nitrogens with two attached hydrogens (primary N) is 1. The van der Waals surface area contributed by atoms with E-state index in [2.05, 4.69) is 30.2 Å². The summed E-state index contributed by atoms with van der Waals surface area (Å²) in [7, 11) is 0. The molecule has 27 heavy (non-hydrogen) atoms. The van der Waals surface area contributed by atoms with E-state index in [-0.39, 0.29) is 11.9 Å². The highest BCUT2D eigenvalue weighted by Crippen LogP contribution is 2.23. The Labute approximate surface area is 158 Å². The normalized spacial score (nSPS) is 16.2. The molecule has 3 heterocycles. The smallest absolute Gasteiger partial charge is 0.270 e. The number of nitrogens with one attached hydrogen (secondary N) is 1. The number of nitrogen functional groups attached to an aromatic ring is 1. The quantitative estimate of drug-likeness (QED) is 0.819. The van der Waals surface area contributed by atoms with Crippen LogP contribution in [0.15, 0.2) is 12.4 Å². The molecule has 0 aromatic carbocycles. The molecule has 0 spiro atoms. The fraction of sp³-hybridized carbons (Fsp3) is 0.526. The van der Waals surface area contributed by atoms with E-state index in [1.54, 1.807) is 6.33 Å². The second-order valence-corrected chi connectivity index (χ2v) is 7.13. The van der Waals surface area contributed by atoms with Crippen molar-refractivity contribution in [3.8, 4) is 0 Å². The minimum atomic E-state index is -0.184. The number of aromatic nitrogens is 4. The highest BCUT2D eigenvalue weighted by Gasteiger charge is 2.21. The van der Waals surface area contributed by atoms with E-state index in [0.717, 1.165) is 61.5 Å². The number of carbonyl (C=O) groups excluding carboxylic acids is 1. The largest absolute Gasteiger partial charge is 0.368 e. The van der Waals surface area contributed by atoms with Gasteiger partial charge in [-0.05, 0) is 38.5 Å². The second kappa shape index (κ2) is 7.85. The maximum absolute atomic E-state index is 12.6. The van der Waals surface area contributed by atoms with Crippen LogP contribution in [0.2, 0.25) is 0 Å². The summed E-state index contributed by atoms with van der Waals surface area (Å²) in [5.41, 5.74) is 9.02. The van der Waals surface area contributed by atoms with Crippen molar-refractivity contribution in [2.24, 2.45) is 0 Å². The number of aryl methyl sites for hydroxylation is 1. The van der Waals surface area contributed by atoms with Crippen molar-refractivity contribution < 1.29 is 4.79 Å². The summed E-state index contributed by atoms with van der Waals surface area (Å²) in [6.45, 7) is 2.59. The highest BCUT2D eigenvalue weighted by molar-refractivity contribution is 5.94. The van der Waals surface area contributed by atoms with Crippen molar-refractivity contribution in [1.82, 2.24) is 25.3 Å². The Morgan fingerprint density at radius 3 is 2.78 bits per heavy atom. The van der Waals surface area contributed by atoms with Crippen molar-refractivity contribution in [1.29, 1.82) is 0 Å². The van der Waals surface area contributed by atoms with Gasteiger partial charge in [0.25, 0.3) is 5.91 Å². The topological polar surface area (TPSA) is 110 Å². The average molecular weight is 367 g/mol. The summed E-state index contributed by atoms with van der Waals surface area (Å²) in [5.74, 6) is 0.962. The molecule has 0 bridgehead atoms. The lowest BCUT2D eigenvalue weighted by atomic mass is 9.94. The van der Waals surface area contributed by atoms with Crippen molar-refractivity contribution >= 4 is 17.7 Å². The Bertz CT molecular complexity index is 833. The Morgan fingerprint density at radius 1 is 1.11 bits per heavy atom. The number of hydrogen-bond donors (Lipinski definition) is 2. The predicted molar refractivity (Wildman–Crippen MR) is 103 cm³/mol. The average Bonchev–Trinajstić information content (AvgIpc) is 3.22. The molecule has 1 amide bonds. The van der Waals surface area contributed by atoms with E-state index >= 15 is 0 Å². The van der Waals surface area contributed by atoms with E-state index in [9.17, 15) is 4.79 Å². The van der Waals surface area contributed by atoms with E-state index < -0.39 is 0 Å². The predicted octanol–water partition coefficient (Wildman–Crippen LogP) is 1.30. The van der Waals surface area contributed by atoms with Gasteiger partial charge in [-0.1, -0.05) is 0 Å². The summed E-state index contributed by atoms with van der Waals surface area (Å²) < 4.78 is 0. The summed E-state index contributed by atoms with van der Waals surface area (Å²) in [6, 6.07) is 2.02. The Hall–Kier alpha value is -2.77. The molecule has 2 aliphatic rings. The molecule has 2 aromatic rings. The molecular formula is C19H25N7O. The minimum absolute atomic E-state index is 0.173. The molecule has 8 heteroatoms. The van der Waals surface area contributed by atoms with Crippen molar-refractivity contribution in [2.75, 3.05) is 30.3 Å². The molecule has 1 aliphatic carbocycles. The number of nitrogens with zero attached hydrogens (tertiary/aromatic N) is 5. The van der Waals surface area contributed by atoms with Gasteiger partial charge < -0.3 is 16.0 Å². The Kier molecular flexibility index (Phi) is 5.13. The molecule has 0 unspecified atom stereocenters. The number of hydrogen-bond acceptors (Lipinski definition) is 7. The fourth-order valence-corrected chi connectivity index (χ4v) is 3.83. The summed E-state index contributed by atoms with van der Waals surface area (Å²) >= 11 is 0. The Balaban J connectivity index is 1.39. The number of fused-ring (bicyclic) bond motifs is 1. The van der Waals surface area contributed by atoms with Gasteiger partial charge in [-0.25, -0.2) is 19.9 Å². The van der Waals surface area contributed by atoms with Crippen LogP contribution in [0.25, 0.3) is 0 Å². The van der Waals surface area contributed by atoms with Gasteiger partial charge in [0.05, 0.1) is 0 Å². The van der Waals surface area contributed by atoms with Gasteiger partial charge in [0.2, 0.25) is 5.95 Å². The maximum Gasteiger partial charge on any atom is 0.270 e. The number of amides is 1. The molecule has 2 aromatic heterocycles. The Morgan fingerprint density at radius 2 is 1.93 bits per heavy atom. The van der Waals surface area contributed by atoms with Gasteiger partial charge in [0.15, 0.2) is 0 Å². The number of anilines is 2. The van der Waals surface area contributed by atoms with Crippen molar-refractivity contribution in [2.45, 2.75) is 44.9 Å². The molecule has 1 saturated heterocycles. The fourth-order valence-electron chi connectivity index (χ4n) is 3.83. The number of rotatable bonds is 5. The van der Waals surface area contributed by atoms with Crippen molar-refractivity contribution in [3.05, 3.63) is 35.0 Å². The lowest BCUT2D eigenvalue weighted by Crippen LogP contribution is -2.29. The first-order chi connectivity index (χ1) is 13.2. The van der Waals surface area contributed by atoms with Crippen LogP contribution in [0.4, 0.5) is 11.8 Å². The summed E-state index contributed by atoms with van der Waals surface area (Å²) in [6.07, 6.45) is 8.51. The third-order valence-electron chi connectivity index (χ3n) is 5.22. The summed E-state index contributed by atoms with van der Waals surface area (Å²) in [5, 5.41) is 2.96. The first-order valence-electron chi connectivity index (χ1n) is 9.70. The zero-order valence-electron chi connectivity index (χ0n) is 15.4. The molecule has 4 rings (SSSR count). The van der Waals surface area contributed by atoms with Crippen LogP contribution in [0.1, 0.15) is 53.1 Å². The van der Waals surface area contributed by atoms with Gasteiger partial charge in [0.1, 0.15) is 17.8 Å². The van der Waals surface area contributed by atoms with Crippen molar-refractivity contribution in [3.63, 3.8) is 0 Å². The third-order valence-corrected chi connectivity index (χ3v) is 5.22. The first-order valence-corrected chi connectivity index (χ1v) is 9.70. The molecule has 8 nitrogen and oxygen atoms in total. The standard InChI is InChI=1S/C19H25N7O/c20-19-24-15-6-2-1-5-14(15)17(25-19)18(27)21-8-7-13-11-16(23-12-22-13)26-9-3-4-10-26/h11-12H,1-10H2,(H,21,27)(H2,20,24,25). The monoisotopic (exact) mass is 367 g/mol. The minimum Gasteiger partial charge on any atom is -0.368 e. The van der Waals surface area contributed by atoms with Crippen LogP contribution in [0.5, 0.6) is 0 Å². The molecule has 3 N–H and O–H groups in total. The zero-order chi connectivity index (χ0) is 18.6. The van der Waals surface area contributed by atoms with E-state index in [4.69, 9.17) is 5.73 Å². The lowest BCUT2D eigenvalue weighted by Gasteiger charge is -2.18. The van der Waals surface area contributed by atoms with Crippen LogP contribution >= 0.6 is 0 Å². The van der Waals surface area contributed by atoms with Gasteiger partial charge in [-0.15, -0.1) is 0 Å². The van der Waals surface area contributed by atoms with Gasteiger partial charge >= 0.3 is 0 Å². The second-order valence-electron chi connectivity index (χ2n) is 7.13. The van der Waals surface area contributed by atoms with Crippen LogP contribution in [0, 0.1) is 0 Å². The molecule has 0 atom stereocenters. The van der Waals surface area contributed by atoms with Crippen LogP contribution in [-0.4, -0.2) is 45.5 Å². The van der Waals surface area contributed by atoms with Crippen LogP contribution in [0.3, 0.4) is 0 Å². The SMILES string of the molecule is Nc1nc2c(c(C(=O)NCCc3cc(N4CCCC4)ncn3)n1)CCCC2. The molecule has 142 valence electrons. The molecular weight excluding hydrogens is 342 g/mol. The van der Waals surface area contributed by atoms with Crippen LogP contribution < -0.4 is 16.0 Å². The van der Waals surface area contributed by atoms with E-state index in [0.29, 0.717) is 18.7 Å². The van der Waals surface area contributed by atoms with Gasteiger partial charge in [-0.3, -0.25) is 4.79 Å². The van der Waals surface area contributed by atoms with Gasteiger partial charge in [-0.2, -0.15) is 0 Å². The highest BCUT2D eigenvalue weighted by atomic mass is 16.1. The molecule has 0 radical (unpaired) electrons. The summed E-state index contributed by atoms with van der Waals surface area (Å²) in [4.78, 5) is 32.1. The molecule has 1 aliphatic heterocycles. The maximum atomic E-state index is 12.6. The third kappa shape index (κ3) is 3.99. The first kappa shape index (κ1) is 17.6. The van der Waals surface area contributed by atoms with Gasteiger partial charge in [0, 0.05) is 49.1 Å². The lowest BCUT2D eigenvalue weighted by molar-refractivity contribution is 0.0947. The number of carbonyl (C=O) groups is 1. The van der Waals surface area contributed by atoms with Crippen LogP contribution in [-0.2, 0) is 19.3 Å². The molecule has 0 saturated carbocycles. The molecule has 1 fully saturated rings. The zero-order valence-corrected chi connectivity index (χ0v) is 15.4. The van der Waals surface area contributed by atoms with E-state index in [1.807, 2.05) is 6.07 Å².